The number of benzene rings is 1. The Balaban J connectivity index is 1.83. The molecule has 1 unspecified atom stereocenters. The molecule has 1 N–H and O–H groups in total. The third-order valence-electron chi connectivity index (χ3n) is 4.20. The molecule has 0 bridgehead atoms. The average molecular weight is 277 g/mol. The Labute approximate surface area is 122 Å². The van der Waals surface area contributed by atoms with Gasteiger partial charge in [-0.1, -0.05) is 37.6 Å². The molecule has 3 heteroatoms. The Hall–Kier alpha value is -0.900. The number of β-amino-alcohol motifs (C(OH)–C–C–N with tert-alkyl or cyclic N) is 1. The van der Waals surface area contributed by atoms with Crippen molar-refractivity contribution in [3.05, 3.63) is 35.4 Å². The van der Waals surface area contributed by atoms with Crippen LogP contribution in [0.5, 0.6) is 0 Å². The van der Waals surface area contributed by atoms with E-state index in [1.54, 1.807) is 7.11 Å². The van der Waals surface area contributed by atoms with Crippen molar-refractivity contribution in [3.63, 3.8) is 0 Å². The topological polar surface area (TPSA) is 32.7 Å². The van der Waals surface area contributed by atoms with Gasteiger partial charge in [0.05, 0.1) is 12.2 Å². The second kappa shape index (κ2) is 7.77. The quantitative estimate of drug-likeness (QED) is 0.868. The lowest BCUT2D eigenvalue weighted by atomic mass is 10.0. The molecule has 0 aromatic heterocycles. The number of hydrogen-bond donors (Lipinski definition) is 1. The fraction of sp³-hybridized carbons (Fsp3) is 0.647. The van der Waals surface area contributed by atoms with Crippen LogP contribution >= 0.6 is 0 Å². The number of aryl methyl sites for hydroxylation is 1. The number of rotatable bonds is 6. The lowest BCUT2D eigenvalue weighted by molar-refractivity contribution is 0.0242. The number of aliphatic hydroxyl groups is 1. The molecule has 1 atom stereocenters. The Kier molecular flexibility index (Phi) is 6.02. The van der Waals surface area contributed by atoms with Gasteiger partial charge in [0.2, 0.25) is 0 Å². The molecule has 1 aliphatic rings. The minimum atomic E-state index is -0.384. The van der Waals surface area contributed by atoms with Crippen molar-refractivity contribution in [3.8, 4) is 0 Å². The fourth-order valence-electron chi connectivity index (χ4n) is 2.87. The number of aliphatic hydroxyl groups excluding tert-OH is 1. The summed E-state index contributed by atoms with van der Waals surface area (Å²) in [6, 6.07) is 8.41. The zero-order valence-corrected chi connectivity index (χ0v) is 12.7. The average Bonchev–Trinajstić information content (AvgIpc) is 2.49. The van der Waals surface area contributed by atoms with Crippen LogP contribution in [-0.2, 0) is 11.2 Å². The molecular weight excluding hydrogens is 250 g/mol. The second-order valence-corrected chi connectivity index (χ2v) is 5.74. The number of likely N-dealkylation sites (tertiary alicyclic amines) is 1. The lowest BCUT2D eigenvalue weighted by Gasteiger charge is -2.32. The van der Waals surface area contributed by atoms with Crippen molar-refractivity contribution in [1.29, 1.82) is 0 Å². The van der Waals surface area contributed by atoms with E-state index in [1.807, 2.05) is 0 Å². The Morgan fingerprint density at radius 2 is 1.90 bits per heavy atom. The molecule has 0 radical (unpaired) electrons. The zero-order valence-electron chi connectivity index (χ0n) is 12.7. The molecule has 1 aliphatic heterocycles. The minimum absolute atomic E-state index is 0.384. The molecule has 0 amide bonds. The van der Waals surface area contributed by atoms with Gasteiger partial charge in [0.1, 0.15) is 0 Å². The van der Waals surface area contributed by atoms with Crippen LogP contribution in [0.4, 0.5) is 0 Å². The summed E-state index contributed by atoms with van der Waals surface area (Å²) in [5.74, 6) is 0. The van der Waals surface area contributed by atoms with E-state index in [1.165, 1.54) is 5.56 Å². The van der Waals surface area contributed by atoms with Crippen LogP contribution in [0, 0.1) is 0 Å². The predicted molar refractivity (Wildman–Crippen MR) is 81.9 cm³/mol. The van der Waals surface area contributed by atoms with Gasteiger partial charge in [-0.3, -0.25) is 0 Å². The van der Waals surface area contributed by atoms with Crippen LogP contribution in [0.3, 0.4) is 0 Å². The first-order valence-electron chi connectivity index (χ1n) is 7.75. The summed E-state index contributed by atoms with van der Waals surface area (Å²) in [5.41, 5.74) is 2.38. The number of ether oxygens (including phenoxy) is 1. The van der Waals surface area contributed by atoms with Crippen molar-refractivity contribution in [2.24, 2.45) is 0 Å². The summed E-state index contributed by atoms with van der Waals surface area (Å²) >= 11 is 0. The maximum Gasteiger partial charge on any atom is 0.0916 e. The van der Waals surface area contributed by atoms with Crippen LogP contribution in [0.25, 0.3) is 0 Å². The number of nitrogens with zero attached hydrogens (tertiary/aromatic N) is 1. The van der Waals surface area contributed by atoms with Gasteiger partial charge < -0.3 is 14.7 Å². The molecule has 0 aliphatic carbocycles. The molecular formula is C17H27NO2. The van der Waals surface area contributed by atoms with Gasteiger partial charge in [-0.2, -0.15) is 0 Å². The van der Waals surface area contributed by atoms with E-state index in [0.29, 0.717) is 6.10 Å². The third-order valence-corrected chi connectivity index (χ3v) is 4.20. The van der Waals surface area contributed by atoms with Crippen molar-refractivity contribution >= 4 is 0 Å². The van der Waals surface area contributed by atoms with Crippen molar-refractivity contribution in [1.82, 2.24) is 4.90 Å². The monoisotopic (exact) mass is 277 g/mol. The summed E-state index contributed by atoms with van der Waals surface area (Å²) in [6.45, 7) is 4.95. The fourth-order valence-corrected chi connectivity index (χ4v) is 2.87. The molecule has 0 saturated carbocycles. The summed E-state index contributed by atoms with van der Waals surface area (Å²) in [4.78, 5) is 2.33. The van der Waals surface area contributed by atoms with E-state index < -0.39 is 0 Å². The number of piperidine rings is 1. The van der Waals surface area contributed by atoms with Gasteiger partial charge in [0, 0.05) is 26.7 Å². The van der Waals surface area contributed by atoms with Crippen molar-refractivity contribution in [2.75, 3.05) is 26.7 Å². The summed E-state index contributed by atoms with van der Waals surface area (Å²) in [7, 11) is 1.78. The van der Waals surface area contributed by atoms with E-state index in [9.17, 15) is 5.11 Å². The molecule has 1 saturated heterocycles. The highest BCUT2D eigenvalue weighted by molar-refractivity contribution is 5.24. The molecule has 3 nitrogen and oxygen atoms in total. The predicted octanol–water partition coefficient (Wildman–Crippen LogP) is 2.78. The number of methoxy groups -OCH3 is 1. The first-order valence-corrected chi connectivity index (χ1v) is 7.75. The van der Waals surface area contributed by atoms with Crippen molar-refractivity contribution < 1.29 is 9.84 Å². The van der Waals surface area contributed by atoms with Gasteiger partial charge in [-0.05, 0) is 30.4 Å². The Morgan fingerprint density at radius 1 is 1.25 bits per heavy atom. The molecule has 112 valence electrons. The van der Waals surface area contributed by atoms with E-state index in [0.717, 1.165) is 50.9 Å². The maximum absolute atomic E-state index is 10.3. The van der Waals surface area contributed by atoms with Crippen LogP contribution in [-0.4, -0.2) is 42.9 Å². The summed E-state index contributed by atoms with van der Waals surface area (Å²) < 4.78 is 5.38. The van der Waals surface area contributed by atoms with Crippen LogP contribution in [0.2, 0.25) is 0 Å². The van der Waals surface area contributed by atoms with E-state index in [-0.39, 0.29) is 6.10 Å². The molecule has 20 heavy (non-hydrogen) atoms. The first-order chi connectivity index (χ1) is 9.72. The summed E-state index contributed by atoms with van der Waals surface area (Å²) in [6.07, 6.45) is 4.43. The zero-order chi connectivity index (χ0) is 14.4. The van der Waals surface area contributed by atoms with Gasteiger partial charge in [0.25, 0.3) is 0 Å². The minimum Gasteiger partial charge on any atom is -0.387 e. The first kappa shape index (κ1) is 15.5. The third kappa shape index (κ3) is 4.30. The van der Waals surface area contributed by atoms with Crippen LogP contribution < -0.4 is 0 Å². The second-order valence-electron chi connectivity index (χ2n) is 5.74. The molecule has 1 heterocycles. The Morgan fingerprint density at radius 3 is 2.45 bits per heavy atom. The van der Waals surface area contributed by atoms with E-state index in [4.69, 9.17) is 4.74 Å². The Bertz CT molecular complexity index is 382. The molecule has 1 fully saturated rings. The normalized spacial score (nSPS) is 19.1. The standard InChI is InChI=1S/C17H27NO2/c1-3-4-14-5-7-15(8-6-14)17(19)13-18-11-9-16(20-2)10-12-18/h5-8,16-17,19H,3-4,9-13H2,1-2H3. The molecule has 2 rings (SSSR count). The summed E-state index contributed by atoms with van der Waals surface area (Å²) in [5, 5.41) is 10.3. The lowest BCUT2D eigenvalue weighted by Crippen LogP contribution is -2.38. The molecule has 0 spiro atoms. The molecule has 1 aromatic carbocycles. The SMILES string of the molecule is CCCc1ccc(C(O)CN2CCC(OC)CC2)cc1. The largest absolute Gasteiger partial charge is 0.387 e. The van der Waals surface area contributed by atoms with E-state index >= 15 is 0 Å². The van der Waals surface area contributed by atoms with Gasteiger partial charge in [-0.25, -0.2) is 0 Å². The maximum atomic E-state index is 10.3. The highest BCUT2D eigenvalue weighted by Gasteiger charge is 2.21. The highest BCUT2D eigenvalue weighted by Crippen LogP contribution is 2.19. The van der Waals surface area contributed by atoms with Crippen LogP contribution in [0.15, 0.2) is 24.3 Å². The van der Waals surface area contributed by atoms with Gasteiger partial charge in [-0.15, -0.1) is 0 Å². The highest BCUT2D eigenvalue weighted by atomic mass is 16.5. The molecule has 1 aromatic rings. The number of hydrogen-bond acceptors (Lipinski definition) is 3. The smallest absolute Gasteiger partial charge is 0.0916 e. The van der Waals surface area contributed by atoms with Gasteiger partial charge in [0.15, 0.2) is 0 Å². The van der Waals surface area contributed by atoms with Gasteiger partial charge >= 0.3 is 0 Å². The van der Waals surface area contributed by atoms with Crippen molar-refractivity contribution in [2.45, 2.75) is 44.8 Å². The van der Waals surface area contributed by atoms with Crippen LogP contribution in [0.1, 0.15) is 43.4 Å². The van der Waals surface area contributed by atoms with E-state index in [2.05, 4.69) is 36.1 Å².